The fourth-order valence-electron chi connectivity index (χ4n) is 2.21. The van der Waals surface area contributed by atoms with Crippen LogP contribution in [0.25, 0.3) is 0 Å². The molecule has 1 aromatic heterocycles. The minimum absolute atomic E-state index is 0.358. The summed E-state index contributed by atoms with van der Waals surface area (Å²) < 4.78 is 0. The number of hydrogen-bond acceptors (Lipinski definition) is 4. The van der Waals surface area contributed by atoms with E-state index in [-0.39, 0.29) is 0 Å². The molecule has 3 N–H and O–H groups in total. The summed E-state index contributed by atoms with van der Waals surface area (Å²) in [6.45, 7) is 5.15. The van der Waals surface area contributed by atoms with Gasteiger partial charge in [-0.2, -0.15) is 0 Å². The topological polar surface area (TPSA) is 62.4 Å². The number of β-amino-alcohol motifs (C(OH)–C–C–N with tert-alkyl or cyclic N) is 1. The third-order valence-electron chi connectivity index (χ3n) is 3.14. The summed E-state index contributed by atoms with van der Waals surface area (Å²) in [5, 5.41) is 9.99. The van der Waals surface area contributed by atoms with Gasteiger partial charge in [-0.1, -0.05) is 12.2 Å². The Kier molecular flexibility index (Phi) is 3.05. The highest BCUT2D eigenvalue weighted by Crippen LogP contribution is 2.28. The average molecular weight is 251 g/mol. The highest BCUT2D eigenvalue weighted by Gasteiger charge is 2.33. The molecular weight excluding hydrogens is 234 g/mol. The molecule has 0 radical (unpaired) electrons. The van der Waals surface area contributed by atoms with Crippen LogP contribution in [0.15, 0.2) is 12.3 Å². The predicted molar refractivity (Wildman–Crippen MR) is 72.3 cm³/mol. The molecule has 92 valence electrons. The smallest absolute Gasteiger partial charge is 0.139 e. The van der Waals surface area contributed by atoms with E-state index < -0.39 is 5.60 Å². The van der Waals surface area contributed by atoms with E-state index >= 15 is 0 Å². The van der Waals surface area contributed by atoms with Crippen LogP contribution in [0, 0.1) is 6.92 Å². The van der Waals surface area contributed by atoms with Gasteiger partial charge >= 0.3 is 0 Å². The molecule has 0 saturated carbocycles. The Labute approximate surface area is 106 Å². The molecule has 1 fully saturated rings. The minimum atomic E-state index is -0.654. The van der Waals surface area contributed by atoms with Crippen LogP contribution in [-0.4, -0.2) is 33.8 Å². The summed E-state index contributed by atoms with van der Waals surface area (Å²) in [7, 11) is 0. The van der Waals surface area contributed by atoms with Gasteiger partial charge < -0.3 is 15.7 Å². The second-order valence-electron chi connectivity index (χ2n) is 4.86. The average Bonchev–Trinajstić information content (AvgIpc) is 2.57. The van der Waals surface area contributed by atoms with Crippen LogP contribution < -0.4 is 10.6 Å². The van der Waals surface area contributed by atoms with Crippen molar-refractivity contribution in [1.82, 2.24) is 4.98 Å². The fraction of sp³-hybridized carbons (Fsp3) is 0.500. The number of aromatic nitrogens is 1. The highest BCUT2D eigenvalue weighted by atomic mass is 32.1. The molecule has 0 bridgehead atoms. The summed E-state index contributed by atoms with van der Waals surface area (Å²) >= 11 is 5.08. The van der Waals surface area contributed by atoms with Gasteiger partial charge in [0.05, 0.1) is 11.2 Å². The van der Waals surface area contributed by atoms with Gasteiger partial charge in [-0.25, -0.2) is 4.98 Å². The lowest BCUT2D eigenvalue weighted by molar-refractivity contribution is 0.0839. The first-order chi connectivity index (χ1) is 7.91. The van der Waals surface area contributed by atoms with E-state index in [4.69, 9.17) is 18.0 Å². The summed E-state index contributed by atoms with van der Waals surface area (Å²) in [5.74, 6) is 0.787. The van der Waals surface area contributed by atoms with E-state index in [9.17, 15) is 5.11 Å². The number of aryl methyl sites for hydroxylation is 1. The van der Waals surface area contributed by atoms with Gasteiger partial charge in [0.1, 0.15) is 10.8 Å². The number of nitrogens with two attached hydrogens (primary N) is 1. The molecule has 0 spiro atoms. The molecular formula is C12H17N3OS. The summed E-state index contributed by atoms with van der Waals surface area (Å²) in [6.07, 6.45) is 2.48. The molecule has 1 aromatic rings. The third kappa shape index (κ3) is 2.40. The van der Waals surface area contributed by atoms with Crippen LogP contribution in [0.2, 0.25) is 0 Å². The Morgan fingerprint density at radius 1 is 1.65 bits per heavy atom. The van der Waals surface area contributed by atoms with Crippen LogP contribution in [0.4, 0.5) is 5.82 Å². The molecule has 4 nitrogen and oxygen atoms in total. The second kappa shape index (κ2) is 4.23. The van der Waals surface area contributed by atoms with Crippen molar-refractivity contribution in [1.29, 1.82) is 0 Å². The maximum Gasteiger partial charge on any atom is 0.139 e. The number of pyridine rings is 1. The van der Waals surface area contributed by atoms with Crippen LogP contribution in [0.1, 0.15) is 24.5 Å². The first-order valence-electron chi connectivity index (χ1n) is 5.63. The molecule has 2 heterocycles. The first kappa shape index (κ1) is 12.3. The van der Waals surface area contributed by atoms with Gasteiger partial charge in [0, 0.05) is 19.3 Å². The number of hydrogen-bond donors (Lipinski definition) is 2. The number of nitrogens with zero attached hydrogens (tertiary/aromatic N) is 2. The van der Waals surface area contributed by atoms with Crippen molar-refractivity contribution in [2.24, 2.45) is 5.73 Å². The maximum atomic E-state index is 9.99. The number of aliphatic hydroxyl groups is 1. The zero-order valence-electron chi connectivity index (χ0n) is 10.1. The molecule has 1 saturated heterocycles. The molecule has 5 heteroatoms. The van der Waals surface area contributed by atoms with Crippen LogP contribution >= 0.6 is 12.2 Å². The van der Waals surface area contributed by atoms with Crippen LogP contribution in [0.3, 0.4) is 0 Å². The Balaban J connectivity index is 2.40. The van der Waals surface area contributed by atoms with E-state index in [1.54, 1.807) is 6.20 Å². The van der Waals surface area contributed by atoms with Crippen molar-refractivity contribution in [3.8, 4) is 0 Å². The van der Waals surface area contributed by atoms with E-state index in [0.29, 0.717) is 11.5 Å². The molecule has 2 rings (SSSR count). The normalized spacial score (nSPS) is 24.1. The molecule has 1 unspecified atom stereocenters. The number of anilines is 1. The zero-order chi connectivity index (χ0) is 12.6. The molecule has 1 aliphatic rings. The van der Waals surface area contributed by atoms with Crippen molar-refractivity contribution in [3.05, 3.63) is 23.4 Å². The lowest BCUT2D eigenvalue weighted by Gasteiger charge is -2.22. The van der Waals surface area contributed by atoms with Crippen molar-refractivity contribution >= 4 is 23.0 Å². The Morgan fingerprint density at radius 2 is 2.35 bits per heavy atom. The molecule has 1 aliphatic heterocycles. The molecule has 17 heavy (non-hydrogen) atoms. The second-order valence-corrected chi connectivity index (χ2v) is 5.30. The largest absolute Gasteiger partial charge is 0.389 e. The maximum absolute atomic E-state index is 9.99. The Morgan fingerprint density at radius 3 is 2.88 bits per heavy atom. The quantitative estimate of drug-likeness (QED) is 0.767. The summed E-state index contributed by atoms with van der Waals surface area (Å²) in [5.41, 5.74) is 6.94. The van der Waals surface area contributed by atoms with Crippen molar-refractivity contribution in [3.63, 3.8) is 0 Å². The van der Waals surface area contributed by atoms with Crippen molar-refractivity contribution < 1.29 is 5.11 Å². The molecule has 0 amide bonds. The van der Waals surface area contributed by atoms with E-state index in [0.717, 1.165) is 29.9 Å². The van der Waals surface area contributed by atoms with Gasteiger partial charge in [0.15, 0.2) is 0 Å². The van der Waals surface area contributed by atoms with E-state index in [2.05, 4.69) is 4.98 Å². The molecule has 0 aromatic carbocycles. The van der Waals surface area contributed by atoms with Crippen molar-refractivity contribution in [2.75, 3.05) is 18.0 Å². The Hall–Kier alpha value is -1.20. The standard InChI is InChI=1S/C12H17N3OS/c1-8-3-5-14-11(9(8)10(13)17)15-6-4-12(2,16)7-15/h3,5,16H,4,6-7H2,1-2H3,(H2,13,17). The third-order valence-corrected chi connectivity index (χ3v) is 3.34. The van der Waals surface area contributed by atoms with Crippen molar-refractivity contribution in [2.45, 2.75) is 25.9 Å². The number of rotatable bonds is 2. The predicted octanol–water partition coefficient (Wildman–Crippen LogP) is 0.985. The fourth-order valence-corrected chi connectivity index (χ4v) is 2.47. The van der Waals surface area contributed by atoms with Gasteiger partial charge in [-0.3, -0.25) is 0 Å². The van der Waals surface area contributed by atoms with E-state index in [1.165, 1.54) is 0 Å². The summed E-state index contributed by atoms with van der Waals surface area (Å²) in [6, 6.07) is 1.90. The SMILES string of the molecule is Cc1ccnc(N2CCC(C)(O)C2)c1C(N)=S. The minimum Gasteiger partial charge on any atom is -0.389 e. The Bertz CT molecular complexity index is 459. The van der Waals surface area contributed by atoms with Gasteiger partial charge in [-0.15, -0.1) is 0 Å². The van der Waals surface area contributed by atoms with Gasteiger partial charge in [0.25, 0.3) is 0 Å². The van der Waals surface area contributed by atoms with Gasteiger partial charge in [0.2, 0.25) is 0 Å². The van der Waals surface area contributed by atoms with Gasteiger partial charge in [-0.05, 0) is 31.9 Å². The summed E-state index contributed by atoms with van der Waals surface area (Å²) in [4.78, 5) is 6.76. The monoisotopic (exact) mass is 251 g/mol. The molecule has 0 aliphatic carbocycles. The molecule has 1 atom stereocenters. The lowest BCUT2D eigenvalue weighted by Crippen LogP contribution is -2.31. The zero-order valence-corrected chi connectivity index (χ0v) is 10.9. The highest BCUT2D eigenvalue weighted by molar-refractivity contribution is 7.80. The van der Waals surface area contributed by atoms with Crippen LogP contribution in [0.5, 0.6) is 0 Å². The lowest BCUT2D eigenvalue weighted by atomic mass is 10.1. The van der Waals surface area contributed by atoms with Crippen LogP contribution in [-0.2, 0) is 0 Å². The van der Waals surface area contributed by atoms with E-state index in [1.807, 2.05) is 24.8 Å². The number of thiocarbonyl (C=S) groups is 1. The first-order valence-corrected chi connectivity index (χ1v) is 6.04.